The largest absolute Gasteiger partial charge is 0.316 e. The Morgan fingerprint density at radius 2 is 2.22 bits per heavy atom. The van der Waals surface area contributed by atoms with Crippen molar-refractivity contribution in [3.63, 3.8) is 0 Å². The fraction of sp³-hybridized carbons (Fsp3) is 0.786. The average Bonchev–Trinajstić information content (AvgIpc) is 2.81. The second-order valence-electron chi connectivity index (χ2n) is 5.19. The van der Waals surface area contributed by atoms with Crippen LogP contribution in [0.25, 0.3) is 0 Å². The van der Waals surface area contributed by atoms with Crippen LogP contribution in [-0.2, 0) is 6.42 Å². The van der Waals surface area contributed by atoms with Crippen molar-refractivity contribution in [3.05, 3.63) is 16.1 Å². The quantitative estimate of drug-likeness (QED) is 0.802. The molecule has 0 aliphatic carbocycles. The summed E-state index contributed by atoms with van der Waals surface area (Å²) in [7, 11) is 0. The molecule has 18 heavy (non-hydrogen) atoms. The maximum Gasteiger partial charge on any atom is 0.0797 e. The molecule has 102 valence electrons. The lowest BCUT2D eigenvalue weighted by atomic mass is 9.97. The van der Waals surface area contributed by atoms with Gasteiger partial charge in [-0.1, -0.05) is 6.92 Å². The number of aromatic nitrogens is 1. The number of rotatable bonds is 6. The first kappa shape index (κ1) is 14.0. The minimum absolute atomic E-state index is 0.885. The van der Waals surface area contributed by atoms with Crippen LogP contribution < -0.4 is 5.32 Å². The van der Waals surface area contributed by atoms with E-state index in [1.54, 1.807) is 11.3 Å². The van der Waals surface area contributed by atoms with Crippen LogP contribution in [0.3, 0.4) is 0 Å². The molecule has 1 aliphatic rings. The van der Waals surface area contributed by atoms with Crippen LogP contribution in [0.5, 0.6) is 0 Å². The molecule has 1 aliphatic heterocycles. The van der Waals surface area contributed by atoms with Crippen LogP contribution >= 0.6 is 11.3 Å². The van der Waals surface area contributed by atoms with Crippen molar-refractivity contribution in [1.82, 2.24) is 15.2 Å². The van der Waals surface area contributed by atoms with Crippen molar-refractivity contribution in [3.8, 4) is 0 Å². The van der Waals surface area contributed by atoms with Gasteiger partial charge in [0.05, 0.1) is 11.2 Å². The summed E-state index contributed by atoms with van der Waals surface area (Å²) < 4.78 is 0. The Morgan fingerprint density at radius 1 is 1.44 bits per heavy atom. The summed E-state index contributed by atoms with van der Waals surface area (Å²) in [5.74, 6) is 0.885. The molecule has 1 saturated heterocycles. The van der Waals surface area contributed by atoms with Gasteiger partial charge in [-0.05, 0) is 58.3 Å². The van der Waals surface area contributed by atoms with Crippen molar-refractivity contribution in [2.24, 2.45) is 5.92 Å². The molecule has 0 amide bonds. The molecule has 0 radical (unpaired) electrons. The van der Waals surface area contributed by atoms with Crippen LogP contribution in [0.4, 0.5) is 0 Å². The molecule has 1 aromatic heterocycles. The summed E-state index contributed by atoms with van der Waals surface area (Å²) in [4.78, 5) is 8.27. The Morgan fingerprint density at radius 3 is 2.83 bits per heavy atom. The summed E-state index contributed by atoms with van der Waals surface area (Å²) in [5.41, 5.74) is 3.16. The van der Waals surface area contributed by atoms with E-state index >= 15 is 0 Å². The molecule has 0 atom stereocenters. The fourth-order valence-corrected chi connectivity index (χ4v) is 3.36. The summed E-state index contributed by atoms with van der Waals surface area (Å²) in [6.07, 6.45) is 3.85. The molecule has 1 N–H and O–H groups in total. The van der Waals surface area contributed by atoms with E-state index < -0.39 is 0 Å². The fourth-order valence-electron chi connectivity index (χ4n) is 2.58. The van der Waals surface area contributed by atoms with Crippen molar-refractivity contribution < 1.29 is 0 Å². The molecule has 0 bridgehead atoms. The Hall–Kier alpha value is -0.450. The van der Waals surface area contributed by atoms with E-state index in [4.69, 9.17) is 0 Å². The van der Waals surface area contributed by atoms with Gasteiger partial charge in [0, 0.05) is 11.4 Å². The molecule has 1 fully saturated rings. The first-order valence-corrected chi connectivity index (χ1v) is 7.99. The monoisotopic (exact) mass is 267 g/mol. The highest BCUT2D eigenvalue weighted by Gasteiger charge is 2.17. The summed E-state index contributed by atoms with van der Waals surface area (Å²) in [6.45, 7) is 10.4. The molecule has 2 rings (SSSR count). The number of nitrogens with one attached hydrogen (secondary N) is 1. The minimum Gasteiger partial charge on any atom is -0.316 e. The van der Waals surface area contributed by atoms with Crippen LogP contribution in [0.2, 0.25) is 0 Å². The van der Waals surface area contributed by atoms with Gasteiger partial charge >= 0.3 is 0 Å². The third-order valence-corrected chi connectivity index (χ3v) is 4.96. The van der Waals surface area contributed by atoms with Crippen LogP contribution in [0.1, 0.15) is 30.3 Å². The first-order chi connectivity index (χ1) is 8.79. The highest BCUT2D eigenvalue weighted by molar-refractivity contribution is 7.09. The maximum absolute atomic E-state index is 4.29. The Bertz CT molecular complexity index is 343. The van der Waals surface area contributed by atoms with E-state index in [-0.39, 0.29) is 0 Å². The van der Waals surface area contributed by atoms with Crippen molar-refractivity contribution in [1.29, 1.82) is 0 Å². The number of likely N-dealkylation sites (tertiary alicyclic amines) is 1. The predicted octanol–water partition coefficient (Wildman–Crippen LogP) is 2.32. The molecular weight excluding hydrogens is 242 g/mol. The third-order valence-electron chi connectivity index (χ3n) is 3.96. The summed E-state index contributed by atoms with van der Waals surface area (Å²) in [5, 5.41) is 3.61. The lowest BCUT2D eigenvalue weighted by molar-refractivity contribution is 0.190. The maximum atomic E-state index is 4.29. The second-order valence-corrected chi connectivity index (χ2v) is 6.13. The van der Waals surface area contributed by atoms with E-state index in [0.29, 0.717) is 0 Å². The highest BCUT2D eigenvalue weighted by atomic mass is 32.1. The molecule has 4 heteroatoms. The van der Waals surface area contributed by atoms with Crippen molar-refractivity contribution >= 4 is 11.3 Å². The average molecular weight is 267 g/mol. The van der Waals surface area contributed by atoms with Crippen molar-refractivity contribution in [2.45, 2.75) is 33.1 Å². The van der Waals surface area contributed by atoms with Gasteiger partial charge in [0.15, 0.2) is 0 Å². The molecule has 3 nitrogen and oxygen atoms in total. The zero-order valence-corrected chi connectivity index (χ0v) is 12.4. The van der Waals surface area contributed by atoms with E-state index in [2.05, 4.69) is 29.0 Å². The van der Waals surface area contributed by atoms with E-state index in [1.807, 2.05) is 5.51 Å². The number of aryl methyl sites for hydroxylation is 1. The van der Waals surface area contributed by atoms with E-state index in [1.165, 1.54) is 49.6 Å². The van der Waals surface area contributed by atoms with Crippen LogP contribution in [-0.4, -0.2) is 42.6 Å². The Labute approximate surface area is 115 Å². The molecule has 2 heterocycles. The van der Waals surface area contributed by atoms with Crippen molar-refractivity contribution in [2.75, 3.05) is 32.7 Å². The van der Waals surface area contributed by atoms with Gasteiger partial charge in [-0.3, -0.25) is 0 Å². The molecule has 0 aromatic carbocycles. The normalized spacial score (nSPS) is 18.3. The standard InChI is InChI=1S/C14H25N3S/c1-3-17-8-5-13(6-9-17)10-15-7-4-14-12(2)16-11-18-14/h11,13,15H,3-10H2,1-2H3. The number of hydrogen-bond acceptors (Lipinski definition) is 4. The molecule has 0 saturated carbocycles. The zero-order chi connectivity index (χ0) is 12.8. The SMILES string of the molecule is CCN1CCC(CNCCc2scnc2C)CC1. The Kier molecular flexibility index (Phi) is 5.60. The molecule has 0 unspecified atom stereocenters. The minimum atomic E-state index is 0.885. The topological polar surface area (TPSA) is 28.2 Å². The van der Waals surface area contributed by atoms with Gasteiger partial charge in [0.25, 0.3) is 0 Å². The molecular formula is C14H25N3S. The van der Waals surface area contributed by atoms with Gasteiger partial charge < -0.3 is 10.2 Å². The molecule has 0 spiro atoms. The van der Waals surface area contributed by atoms with E-state index in [9.17, 15) is 0 Å². The second kappa shape index (κ2) is 7.22. The highest BCUT2D eigenvalue weighted by Crippen LogP contribution is 2.16. The first-order valence-electron chi connectivity index (χ1n) is 7.11. The lowest BCUT2D eigenvalue weighted by Crippen LogP contribution is -2.37. The number of thiazole rings is 1. The van der Waals surface area contributed by atoms with Crippen LogP contribution in [0.15, 0.2) is 5.51 Å². The van der Waals surface area contributed by atoms with Gasteiger partial charge in [0.2, 0.25) is 0 Å². The van der Waals surface area contributed by atoms with Gasteiger partial charge in [-0.15, -0.1) is 11.3 Å². The zero-order valence-electron chi connectivity index (χ0n) is 11.6. The summed E-state index contributed by atoms with van der Waals surface area (Å²) in [6, 6.07) is 0. The third kappa shape index (κ3) is 4.04. The number of nitrogens with zero attached hydrogens (tertiary/aromatic N) is 2. The Balaban J connectivity index is 1.58. The van der Waals surface area contributed by atoms with E-state index in [0.717, 1.165) is 18.9 Å². The van der Waals surface area contributed by atoms with Gasteiger partial charge in [-0.2, -0.15) is 0 Å². The predicted molar refractivity (Wildman–Crippen MR) is 78.3 cm³/mol. The lowest BCUT2D eigenvalue weighted by Gasteiger charge is -2.31. The smallest absolute Gasteiger partial charge is 0.0797 e. The van der Waals surface area contributed by atoms with Gasteiger partial charge in [-0.25, -0.2) is 4.98 Å². The van der Waals surface area contributed by atoms with Crippen LogP contribution in [0, 0.1) is 12.8 Å². The number of hydrogen-bond donors (Lipinski definition) is 1. The molecule has 1 aromatic rings. The van der Waals surface area contributed by atoms with Gasteiger partial charge in [0.1, 0.15) is 0 Å². The summed E-state index contributed by atoms with van der Waals surface area (Å²) >= 11 is 1.78. The number of piperidine rings is 1.